The second kappa shape index (κ2) is 15.6. The van der Waals surface area contributed by atoms with Crippen molar-refractivity contribution < 1.29 is 36.7 Å². The molecule has 3 aromatic carbocycles. The van der Waals surface area contributed by atoms with Gasteiger partial charge in [0.15, 0.2) is 21.4 Å². The monoisotopic (exact) mass is 692 g/mol. The third-order valence-corrected chi connectivity index (χ3v) is 10.1. The average Bonchev–Trinajstić information content (AvgIpc) is 3.05. The Balaban J connectivity index is 1.50. The zero-order chi connectivity index (χ0) is 35.1. The fraction of sp³-hybridized carbons (Fsp3) is 0.389. The van der Waals surface area contributed by atoms with Crippen LogP contribution in [0.15, 0.2) is 72.8 Å². The number of carbonyl (C=O) groups excluding carboxylic acids is 4. The van der Waals surface area contributed by atoms with E-state index in [2.05, 4.69) is 16.0 Å². The third-order valence-electron chi connectivity index (χ3n) is 8.50. The first kappa shape index (κ1) is 35.5. The molecular formula is C36H41FN4O7S. The van der Waals surface area contributed by atoms with Crippen LogP contribution in [0.1, 0.15) is 37.0 Å². The quantitative estimate of drug-likeness (QED) is 0.348. The predicted octanol–water partition coefficient (Wildman–Crippen LogP) is 2.72. The molecule has 0 spiro atoms. The number of amides is 4. The Bertz CT molecular complexity index is 1770. The maximum Gasteiger partial charge on any atom is 0.245 e. The van der Waals surface area contributed by atoms with Crippen LogP contribution in [0.2, 0.25) is 0 Å². The molecule has 1 fully saturated rings. The number of hydrogen-bond acceptors (Lipinski definition) is 7. The lowest BCUT2D eigenvalue weighted by atomic mass is 9.99. The van der Waals surface area contributed by atoms with E-state index in [1.165, 1.54) is 23.1 Å². The SMILES string of the molecule is CC(C)C[C@@H]1NC(=O)[C@@H](Cc2ccccc2)NC(=O)Cc2ccc(F)c(c2)Oc2ccc(cc2)C[C@@H](C(=O)N2CCS(=O)(=O)CC2)NC1=O. The van der Waals surface area contributed by atoms with Crippen LogP contribution in [0, 0.1) is 11.7 Å². The van der Waals surface area contributed by atoms with Gasteiger partial charge in [0.25, 0.3) is 0 Å². The van der Waals surface area contributed by atoms with Gasteiger partial charge in [0.1, 0.15) is 23.9 Å². The Morgan fingerprint density at radius 2 is 1.53 bits per heavy atom. The van der Waals surface area contributed by atoms with E-state index in [4.69, 9.17) is 4.74 Å². The third kappa shape index (κ3) is 9.88. The number of benzene rings is 3. The van der Waals surface area contributed by atoms with E-state index in [1.807, 2.05) is 44.2 Å². The predicted molar refractivity (Wildman–Crippen MR) is 181 cm³/mol. The number of carbonyl (C=O) groups is 4. The van der Waals surface area contributed by atoms with Gasteiger partial charge in [-0.15, -0.1) is 0 Å². The summed E-state index contributed by atoms with van der Waals surface area (Å²) in [5.74, 6) is -2.90. The minimum Gasteiger partial charge on any atom is -0.454 e. The summed E-state index contributed by atoms with van der Waals surface area (Å²) in [5.41, 5.74) is 1.90. The molecule has 260 valence electrons. The first-order valence-corrected chi connectivity index (χ1v) is 18.2. The highest BCUT2D eigenvalue weighted by molar-refractivity contribution is 7.91. The summed E-state index contributed by atoms with van der Waals surface area (Å²) in [7, 11) is -3.27. The van der Waals surface area contributed by atoms with Crippen LogP contribution < -0.4 is 20.7 Å². The molecule has 4 bridgehead atoms. The molecule has 1 saturated heterocycles. The molecule has 4 amide bonds. The van der Waals surface area contributed by atoms with Crippen LogP contribution in [0.5, 0.6) is 11.5 Å². The maximum absolute atomic E-state index is 14.8. The van der Waals surface area contributed by atoms with Crippen LogP contribution in [0.3, 0.4) is 0 Å². The molecule has 3 N–H and O–H groups in total. The molecule has 0 radical (unpaired) electrons. The number of nitrogens with zero attached hydrogens (tertiary/aromatic N) is 1. The number of ether oxygens (including phenoxy) is 1. The summed E-state index contributed by atoms with van der Waals surface area (Å²) < 4.78 is 44.7. The zero-order valence-electron chi connectivity index (χ0n) is 27.5. The second-order valence-corrected chi connectivity index (χ2v) is 15.2. The molecule has 6 rings (SSSR count). The highest BCUT2D eigenvalue weighted by Crippen LogP contribution is 2.27. The van der Waals surface area contributed by atoms with Crippen LogP contribution >= 0.6 is 0 Å². The molecule has 0 unspecified atom stereocenters. The van der Waals surface area contributed by atoms with E-state index in [0.29, 0.717) is 16.9 Å². The van der Waals surface area contributed by atoms with Crippen molar-refractivity contribution in [1.29, 1.82) is 0 Å². The van der Waals surface area contributed by atoms with Crippen molar-refractivity contribution >= 4 is 33.5 Å². The van der Waals surface area contributed by atoms with Gasteiger partial charge in [-0.1, -0.05) is 62.4 Å². The summed E-state index contributed by atoms with van der Waals surface area (Å²) in [6.07, 6.45) is 0.286. The average molecular weight is 693 g/mol. The number of halogens is 1. The van der Waals surface area contributed by atoms with E-state index in [0.717, 1.165) is 5.56 Å². The highest BCUT2D eigenvalue weighted by Gasteiger charge is 2.34. The molecule has 13 heteroatoms. The van der Waals surface area contributed by atoms with Gasteiger partial charge >= 0.3 is 0 Å². The van der Waals surface area contributed by atoms with Crippen molar-refractivity contribution in [2.24, 2.45) is 5.92 Å². The zero-order valence-corrected chi connectivity index (χ0v) is 28.3. The first-order chi connectivity index (χ1) is 23.3. The van der Waals surface area contributed by atoms with E-state index in [1.54, 1.807) is 24.3 Å². The molecule has 49 heavy (non-hydrogen) atoms. The molecule has 11 nitrogen and oxygen atoms in total. The van der Waals surface area contributed by atoms with E-state index >= 15 is 0 Å². The Labute approximate surface area is 285 Å². The molecule has 3 aliphatic heterocycles. The molecule has 0 aliphatic carbocycles. The Morgan fingerprint density at radius 1 is 0.878 bits per heavy atom. The number of hydrogen-bond donors (Lipinski definition) is 3. The first-order valence-electron chi connectivity index (χ1n) is 16.3. The van der Waals surface area contributed by atoms with Gasteiger partial charge < -0.3 is 25.6 Å². The lowest BCUT2D eigenvalue weighted by Gasteiger charge is -2.32. The largest absolute Gasteiger partial charge is 0.454 e. The highest BCUT2D eigenvalue weighted by atomic mass is 32.2. The fourth-order valence-electron chi connectivity index (χ4n) is 5.88. The van der Waals surface area contributed by atoms with Crippen molar-refractivity contribution in [3.8, 4) is 11.5 Å². The van der Waals surface area contributed by atoms with Gasteiger partial charge in [-0.3, -0.25) is 19.2 Å². The minimum atomic E-state index is -3.27. The summed E-state index contributed by atoms with van der Waals surface area (Å²) in [5, 5.41) is 8.44. The van der Waals surface area contributed by atoms with Crippen LogP contribution in [-0.4, -0.2) is 79.7 Å². The van der Waals surface area contributed by atoms with Crippen molar-refractivity contribution in [3.05, 3.63) is 95.3 Å². The van der Waals surface area contributed by atoms with Crippen LogP contribution in [-0.2, 0) is 48.3 Å². The van der Waals surface area contributed by atoms with Crippen LogP contribution in [0.25, 0.3) is 0 Å². The lowest BCUT2D eigenvalue weighted by Crippen LogP contribution is -2.59. The normalized spacial score (nSPS) is 21.8. The number of sulfone groups is 1. The molecular weight excluding hydrogens is 651 g/mol. The maximum atomic E-state index is 14.8. The summed E-state index contributed by atoms with van der Waals surface area (Å²) in [6.45, 7) is 3.79. The van der Waals surface area contributed by atoms with Crippen molar-refractivity contribution in [1.82, 2.24) is 20.9 Å². The smallest absolute Gasteiger partial charge is 0.245 e. The summed E-state index contributed by atoms with van der Waals surface area (Å²) in [6, 6.07) is 16.6. The van der Waals surface area contributed by atoms with Crippen molar-refractivity contribution in [3.63, 3.8) is 0 Å². The Morgan fingerprint density at radius 3 is 2.20 bits per heavy atom. The fourth-order valence-corrected chi connectivity index (χ4v) is 7.08. The molecule has 0 aromatic heterocycles. The molecule has 3 heterocycles. The van der Waals surface area contributed by atoms with Gasteiger partial charge in [0.2, 0.25) is 23.6 Å². The van der Waals surface area contributed by atoms with Gasteiger partial charge in [0.05, 0.1) is 17.9 Å². The lowest BCUT2D eigenvalue weighted by molar-refractivity contribution is -0.137. The number of fused-ring (bicyclic) bond motifs is 12. The Kier molecular flexibility index (Phi) is 11.3. The van der Waals surface area contributed by atoms with Crippen LogP contribution in [0.4, 0.5) is 4.39 Å². The van der Waals surface area contributed by atoms with Gasteiger partial charge in [-0.05, 0) is 53.3 Å². The number of nitrogens with one attached hydrogen (secondary N) is 3. The van der Waals surface area contributed by atoms with Gasteiger partial charge in [-0.2, -0.15) is 0 Å². The molecule has 3 aliphatic rings. The van der Waals surface area contributed by atoms with Crippen molar-refractivity contribution in [2.75, 3.05) is 24.6 Å². The van der Waals surface area contributed by atoms with E-state index in [9.17, 15) is 32.0 Å². The second-order valence-electron chi connectivity index (χ2n) is 12.9. The molecule has 0 saturated carbocycles. The van der Waals surface area contributed by atoms with Gasteiger partial charge in [0, 0.05) is 25.9 Å². The minimum absolute atomic E-state index is 0.00202. The molecule has 3 atom stereocenters. The standard InChI is InChI=1S/C36H41FN4O7S/c1-23(2)18-29-34(43)40-31(36(45)41-14-16-49(46,47)17-15-41)20-25-8-11-27(12-9-25)48-32-21-26(10-13-28(32)37)22-33(42)38-30(35(44)39-29)19-24-6-4-3-5-7-24/h3-13,21,23,29-31H,14-20,22H2,1-2H3,(H,38,42)(H,39,44)(H,40,43)/t29-,30+,31-/m0/s1. The summed E-state index contributed by atoms with van der Waals surface area (Å²) in [4.78, 5) is 56.3. The topological polar surface area (TPSA) is 151 Å². The van der Waals surface area contributed by atoms with Gasteiger partial charge in [-0.25, -0.2) is 12.8 Å². The number of rotatable bonds is 5. The summed E-state index contributed by atoms with van der Waals surface area (Å²) >= 11 is 0. The van der Waals surface area contributed by atoms with E-state index < -0.39 is 57.4 Å². The van der Waals surface area contributed by atoms with Crippen molar-refractivity contribution in [2.45, 2.75) is 57.7 Å². The molecule has 3 aromatic rings. The van der Waals surface area contributed by atoms with E-state index in [-0.39, 0.29) is 61.9 Å². The Hall–Kier alpha value is -4.78.